The van der Waals surface area contributed by atoms with E-state index in [2.05, 4.69) is 9.88 Å². The molecule has 0 amide bonds. The van der Waals surface area contributed by atoms with Crippen molar-refractivity contribution in [2.75, 3.05) is 26.7 Å². The van der Waals surface area contributed by atoms with Crippen LogP contribution < -0.4 is 0 Å². The second-order valence-electron chi connectivity index (χ2n) is 5.08. The predicted molar refractivity (Wildman–Crippen MR) is 73.9 cm³/mol. The third kappa shape index (κ3) is 2.61. The average molecular weight is 258 g/mol. The minimum Gasteiger partial charge on any atom is -0.386 e. The molecule has 0 saturated carbocycles. The maximum Gasteiger partial charge on any atom is 0.108 e. The van der Waals surface area contributed by atoms with Gasteiger partial charge < -0.3 is 14.7 Å². The molecule has 4 heteroatoms. The van der Waals surface area contributed by atoms with E-state index in [1.165, 1.54) is 0 Å². The van der Waals surface area contributed by atoms with E-state index in [4.69, 9.17) is 4.74 Å². The number of fused-ring (bicyclic) bond motifs is 1. The molecule has 4 nitrogen and oxygen atoms in total. The number of benzene rings is 1. The molecule has 100 valence electrons. The fourth-order valence-corrected chi connectivity index (χ4v) is 2.47. The van der Waals surface area contributed by atoms with Crippen molar-refractivity contribution in [3.63, 3.8) is 0 Å². The van der Waals surface area contributed by atoms with Crippen LogP contribution in [0, 0.1) is 0 Å². The molecule has 1 aromatic heterocycles. The highest BCUT2D eigenvalue weighted by Crippen LogP contribution is 2.24. The van der Waals surface area contributed by atoms with E-state index in [1.807, 2.05) is 37.4 Å². The molecule has 0 aliphatic carbocycles. The molecule has 1 aliphatic rings. The molecule has 1 aliphatic heterocycles. The standard InChI is InChI=1S/C15H18N2O2/c1-17-6-7-19-14(10-17)15(18)12-8-11-4-2-3-5-13(11)16-9-12/h2-5,8-9,14-15,18H,6-7,10H2,1H3. The Morgan fingerprint density at radius 2 is 2.26 bits per heavy atom. The molecular formula is C15H18N2O2. The van der Waals surface area contributed by atoms with Gasteiger partial charge in [0.2, 0.25) is 0 Å². The van der Waals surface area contributed by atoms with E-state index in [9.17, 15) is 5.11 Å². The normalized spacial score (nSPS) is 22.5. The minimum atomic E-state index is -0.625. The van der Waals surface area contributed by atoms with E-state index in [0.717, 1.165) is 29.6 Å². The summed E-state index contributed by atoms with van der Waals surface area (Å²) < 4.78 is 5.66. The Balaban J connectivity index is 1.86. The summed E-state index contributed by atoms with van der Waals surface area (Å²) in [7, 11) is 2.04. The van der Waals surface area contributed by atoms with E-state index in [1.54, 1.807) is 6.20 Å². The lowest BCUT2D eigenvalue weighted by Gasteiger charge is -2.33. The first-order valence-corrected chi connectivity index (χ1v) is 6.57. The molecule has 0 spiro atoms. The summed E-state index contributed by atoms with van der Waals surface area (Å²) in [5.41, 5.74) is 1.76. The van der Waals surface area contributed by atoms with Gasteiger partial charge in [-0.1, -0.05) is 18.2 Å². The quantitative estimate of drug-likeness (QED) is 0.888. The number of para-hydroxylation sites is 1. The van der Waals surface area contributed by atoms with Crippen LogP contribution in [0.3, 0.4) is 0 Å². The topological polar surface area (TPSA) is 45.6 Å². The fraction of sp³-hybridized carbons (Fsp3) is 0.400. The van der Waals surface area contributed by atoms with Gasteiger partial charge in [0.25, 0.3) is 0 Å². The number of aromatic nitrogens is 1. The van der Waals surface area contributed by atoms with Gasteiger partial charge in [-0.05, 0) is 19.2 Å². The van der Waals surface area contributed by atoms with Gasteiger partial charge in [0.15, 0.2) is 0 Å². The molecule has 1 saturated heterocycles. The number of morpholine rings is 1. The van der Waals surface area contributed by atoms with Crippen LogP contribution in [0.5, 0.6) is 0 Å². The summed E-state index contributed by atoms with van der Waals surface area (Å²) in [6, 6.07) is 9.91. The summed E-state index contributed by atoms with van der Waals surface area (Å²) in [6.07, 6.45) is 0.937. The van der Waals surface area contributed by atoms with Crippen LogP contribution in [0.4, 0.5) is 0 Å². The van der Waals surface area contributed by atoms with Crippen molar-refractivity contribution in [1.29, 1.82) is 0 Å². The van der Waals surface area contributed by atoms with Crippen LogP contribution in [0.2, 0.25) is 0 Å². The second-order valence-corrected chi connectivity index (χ2v) is 5.08. The number of aliphatic hydroxyl groups is 1. The largest absolute Gasteiger partial charge is 0.386 e. The van der Waals surface area contributed by atoms with E-state index in [0.29, 0.717) is 6.61 Å². The summed E-state index contributed by atoms with van der Waals surface area (Å²) in [5, 5.41) is 11.5. The summed E-state index contributed by atoms with van der Waals surface area (Å²) in [6.45, 7) is 2.33. The Morgan fingerprint density at radius 3 is 3.11 bits per heavy atom. The molecule has 2 atom stereocenters. The van der Waals surface area contributed by atoms with Crippen molar-refractivity contribution < 1.29 is 9.84 Å². The van der Waals surface area contributed by atoms with E-state index < -0.39 is 6.10 Å². The molecule has 2 unspecified atom stereocenters. The van der Waals surface area contributed by atoms with E-state index in [-0.39, 0.29) is 6.10 Å². The first kappa shape index (κ1) is 12.5. The van der Waals surface area contributed by atoms with Gasteiger partial charge in [-0.2, -0.15) is 0 Å². The highest BCUT2D eigenvalue weighted by molar-refractivity contribution is 5.78. The van der Waals surface area contributed by atoms with Crippen LogP contribution in [-0.2, 0) is 4.74 Å². The lowest BCUT2D eigenvalue weighted by Crippen LogP contribution is -2.43. The average Bonchev–Trinajstić information content (AvgIpc) is 2.46. The number of hydrogen-bond acceptors (Lipinski definition) is 4. The fourth-order valence-electron chi connectivity index (χ4n) is 2.47. The number of pyridine rings is 1. The number of hydrogen-bond donors (Lipinski definition) is 1. The Labute approximate surface area is 112 Å². The number of aliphatic hydroxyl groups excluding tert-OH is 1. The molecule has 3 rings (SSSR count). The minimum absolute atomic E-state index is 0.179. The Kier molecular flexibility index (Phi) is 3.46. The van der Waals surface area contributed by atoms with Gasteiger partial charge in [-0.3, -0.25) is 4.98 Å². The number of rotatable bonds is 2. The third-order valence-electron chi connectivity index (χ3n) is 3.60. The first-order chi connectivity index (χ1) is 9.24. The maximum absolute atomic E-state index is 10.4. The predicted octanol–water partition coefficient (Wildman–Crippen LogP) is 1.60. The van der Waals surface area contributed by atoms with E-state index >= 15 is 0 Å². The summed E-state index contributed by atoms with van der Waals surface area (Å²) in [4.78, 5) is 6.56. The number of nitrogens with zero attached hydrogens (tertiary/aromatic N) is 2. The van der Waals surface area contributed by atoms with Crippen molar-refractivity contribution in [2.45, 2.75) is 12.2 Å². The van der Waals surface area contributed by atoms with Crippen LogP contribution in [-0.4, -0.2) is 47.8 Å². The molecule has 1 fully saturated rings. The highest BCUT2D eigenvalue weighted by Gasteiger charge is 2.26. The smallest absolute Gasteiger partial charge is 0.108 e. The lowest BCUT2D eigenvalue weighted by atomic mass is 10.0. The monoisotopic (exact) mass is 258 g/mol. The van der Waals surface area contributed by atoms with Gasteiger partial charge in [0.05, 0.1) is 12.1 Å². The van der Waals surface area contributed by atoms with Crippen LogP contribution in [0.1, 0.15) is 11.7 Å². The van der Waals surface area contributed by atoms with Gasteiger partial charge in [-0.15, -0.1) is 0 Å². The Bertz CT molecular complexity index is 573. The zero-order chi connectivity index (χ0) is 13.2. The Hall–Kier alpha value is -1.49. The van der Waals surface area contributed by atoms with Crippen molar-refractivity contribution in [2.24, 2.45) is 0 Å². The van der Waals surface area contributed by atoms with Gasteiger partial charge in [0.1, 0.15) is 12.2 Å². The molecule has 2 aromatic rings. The third-order valence-corrected chi connectivity index (χ3v) is 3.60. The van der Waals surface area contributed by atoms with Gasteiger partial charge in [-0.25, -0.2) is 0 Å². The van der Waals surface area contributed by atoms with Crippen molar-refractivity contribution in [1.82, 2.24) is 9.88 Å². The van der Waals surface area contributed by atoms with Crippen molar-refractivity contribution >= 4 is 10.9 Å². The maximum atomic E-state index is 10.4. The highest BCUT2D eigenvalue weighted by atomic mass is 16.5. The van der Waals surface area contributed by atoms with Gasteiger partial charge in [0, 0.05) is 30.2 Å². The molecule has 2 heterocycles. The molecular weight excluding hydrogens is 240 g/mol. The lowest BCUT2D eigenvalue weighted by molar-refractivity contribution is -0.0845. The number of likely N-dealkylation sites (N-methyl/N-ethyl adjacent to an activating group) is 1. The van der Waals surface area contributed by atoms with Crippen molar-refractivity contribution in [3.05, 3.63) is 42.1 Å². The molecule has 0 bridgehead atoms. The molecule has 19 heavy (non-hydrogen) atoms. The van der Waals surface area contributed by atoms with Crippen LogP contribution in [0.25, 0.3) is 10.9 Å². The van der Waals surface area contributed by atoms with Crippen LogP contribution >= 0.6 is 0 Å². The second kappa shape index (κ2) is 5.25. The first-order valence-electron chi connectivity index (χ1n) is 6.57. The van der Waals surface area contributed by atoms with Crippen LogP contribution in [0.15, 0.2) is 36.5 Å². The zero-order valence-electron chi connectivity index (χ0n) is 11.0. The summed E-state index contributed by atoms with van der Waals surface area (Å²) in [5.74, 6) is 0. The van der Waals surface area contributed by atoms with Gasteiger partial charge >= 0.3 is 0 Å². The Morgan fingerprint density at radius 1 is 1.42 bits per heavy atom. The molecule has 1 N–H and O–H groups in total. The zero-order valence-corrected chi connectivity index (χ0v) is 11.0. The molecule has 0 radical (unpaired) electrons. The summed E-state index contributed by atoms with van der Waals surface area (Å²) >= 11 is 0. The molecule has 1 aromatic carbocycles. The number of ether oxygens (including phenoxy) is 1. The van der Waals surface area contributed by atoms with Crippen molar-refractivity contribution in [3.8, 4) is 0 Å². The SMILES string of the molecule is CN1CCOC(C(O)c2cnc3ccccc3c2)C1.